The fraction of sp³-hybridized carbons (Fsp3) is 0.375. The Bertz CT molecular complexity index is 599. The first kappa shape index (κ1) is 13.5. The zero-order valence-electron chi connectivity index (χ0n) is 11.8. The van der Waals surface area contributed by atoms with Gasteiger partial charge in [0.1, 0.15) is 11.5 Å². The molecule has 1 aliphatic rings. The molecule has 0 fully saturated rings. The average Bonchev–Trinajstić information content (AvgIpc) is 3.07. The molecule has 0 spiro atoms. The van der Waals surface area contributed by atoms with Gasteiger partial charge in [-0.3, -0.25) is 0 Å². The molecule has 3 nitrogen and oxygen atoms in total. The lowest BCUT2D eigenvalue weighted by atomic mass is 10.0. The number of rotatable bonds is 4. The van der Waals surface area contributed by atoms with E-state index in [9.17, 15) is 0 Å². The molecular weight excluding hydrogens is 270 g/mol. The van der Waals surface area contributed by atoms with Crippen molar-refractivity contribution in [2.45, 2.75) is 25.3 Å². The smallest absolute Gasteiger partial charge is 0.124 e. The fourth-order valence-electron chi connectivity index (χ4n) is 2.74. The number of thiophene rings is 1. The molecule has 1 unspecified atom stereocenters. The second-order valence-electron chi connectivity index (χ2n) is 5.04. The van der Waals surface area contributed by atoms with Gasteiger partial charge in [0.2, 0.25) is 0 Å². The summed E-state index contributed by atoms with van der Waals surface area (Å²) in [5, 5.41) is 0. The van der Waals surface area contributed by atoms with Gasteiger partial charge >= 0.3 is 0 Å². The molecule has 106 valence electrons. The monoisotopic (exact) mass is 289 g/mol. The van der Waals surface area contributed by atoms with E-state index in [-0.39, 0.29) is 6.04 Å². The van der Waals surface area contributed by atoms with Gasteiger partial charge in [-0.2, -0.15) is 0 Å². The van der Waals surface area contributed by atoms with Crippen LogP contribution in [0.15, 0.2) is 24.3 Å². The molecule has 0 bridgehead atoms. The van der Waals surface area contributed by atoms with E-state index >= 15 is 0 Å². The van der Waals surface area contributed by atoms with E-state index in [0.29, 0.717) is 0 Å². The second-order valence-corrected chi connectivity index (χ2v) is 6.20. The maximum absolute atomic E-state index is 6.45. The van der Waals surface area contributed by atoms with Gasteiger partial charge < -0.3 is 15.2 Å². The van der Waals surface area contributed by atoms with Gasteiger partial charge in [0, 0.05) is 15.3 Å². The van der Waals surface area contributed by atoms with Gasteiger partial charge in [0.05, 0.1) is 20.3 Å². The van der Waals surface area contributed by atoms with Crippen LogP contribution >= 0.6 is 11.3 Å². The summed E-state index contributed by atoms with van der Waals surface area (Å²) in [5.74, 6) is 1.62. The van der Waals surface area contributed by atoms with Crippen LogP contribution in [0, 0.1) is 0 Å². The quantitative estimate of drug-likeness (QED) is 0.939. The Morgan fingerprint density at radius 2 is 2.00 bits per heavy atom. The summed E-state index contributed by atoms with van der Waals surface area (Å²) in [6.45, 7) is 0. The van der Waals surface area contributed by atoms with Crippen molar-refractivity contribution < 1.29 is 9.47 Å². The summed E-state index contributed by atoms with van der Waals surface area (Å²) in [5.41, 5.74) is 8.91. The SMILES string of the molecule is COc1ccc(OC)c(C(N)c2cc3c(s2)CCC3)c1. The van der Waals surface area contributed by atoms with Gasteiger partial charge in [0.15, 0.2) is 0 Å². The van der Waals surface area contributed by atoms with E-state index in [4.69, 9.17) is 15.2 Å². The van der Waals surface area contributed by atoms with Crippen LogP contribution in [0.1, 0.15) is 33.3 Å². The molecule has 1 atom stereocenters. The minimum absolute atomic E-state index is 0.157. The Hall–Kier alpha value is -1.52. The van der Waals surface area contributed by atoms with E-state index in [2.05, 4.69) is 6.07 Å². The molecular formula is C16H19NO2S. The highest BCUT2D eigenvalue weighted by Crippen LogP contribution is 2.38. The molecule has 1 aliphatic carbocycles. The summed E-state index contributed by atoms with van der Waals surface area (Å²) in [6.07, 6.45) is 3.66. The van der Waals surface area contributed by atoms with Crippen LogP contribution in [0.25, 0.3) is 0 Å². The molecule has 0 saturated heterocycles. The molecule has 2 N–H and O–H groups in total. The molecule has 1 aromatic carbocycles. The molecule has 1 heterocycles. The van der Waals surface area contributed by atoms with Crippen molar-refractivity contribution in [3.8, 4) is 11.5 Å². The summed E-state index contributed by atoms with van der Waals surface area (Å²) in [4.78, 5) is 2.71. The maximum atomic E-state index is 6.45. The highest BCUT2D eigenvalue weighted by molar-refractivity contribution is 7.12. The third-order valence-electron chi connectivity index (χ3n) is 3.84. The van der Waals surface area contributed by atoms with E-state index in [0.717, 1.165) is 17.1 Å². The third-order valence-corrected chi connectivity index (χ3v) is 5.16. The fourth-order valence-corrected chi connectivity index (χ4v) is 4.02. The Morgan fingerprint density at radius 3 is 2.70 bits per heavy atom. The molecule has 20 heavy (non-hydrogen) atoms. The lowest BCUT2D eigenvalue weighted by molar-refractivity contribution is 0.397. The van der Waals surface area contributed by atoms with Crippen LogP contribution in [-0.2, 0) is 12.8 Å². The van der Waals surface area contributed by atoms with Crippen LogP contribution in [-0.4, -0.2) is 14.2 Å². The Labute approximate surface area is 123 Å². The van der Waals surface area contributed by atoms with Crippen molar-refractivity contribution in [1.29, 1.82) is 0 Å². The number of hydrogen-bond donors (Lipinski definition) is 1. The van der Waals surface area contributed by atoms with Crippen molar-refractivity contribution in [3.63, 3.8) is 0 Å². The van der Waals surface area contributed by atoms with Crippen LogP contribution in [0.4, 0.5) is 0 Å². The molecule has 0 saturated carbocycles. The Balaban J connectivity index is 1.97. The zero-order valence-corrected chi connectivity index (χ0v) is 12.6. The first-order chi connectivity index (χ1) is 9.72. The van der Waals surface area contributed by atoms with Gasteiger partial charge in [-0.1, -0.05) is 0 Å². The van der Waals surface area contributed by atoms with Crippen molar-refractivity contribution in [1.82, 2.24) is 0 Å². The molecule has 1 aromatic heterocycles. The highest BCUT2D eigenvalue weighted by Gasteiger charge is 2.21. The Kier molecular flexibility index (Phi) is 3.68. The Morgan fingerprint density at radius 1 is 1.15 bits per heavy atom. The van der Waals surface area contributed by atoms with Crippen LogP contribution in [0.3, 0.4) is 0 Å². The topological polar surface area (TPSA) is 44.5 Å². The van der Waals surface area contributed by atoms with Gasteiger partial charge in [0.25, 0.3) is 0 Å². The first-order valence-electron chi connectivity index (χ1n) is 6.82. The summed E-state index contributed by atoms with van der Waals surface area (Å²) in [6, 6.07) is 7.87. The first-order valence-corrected chi connectivity index (χ1v) is 7.63. The average molecular weight is 289 g/mol. The summed E-state index contributed by atoms with van der Waals surface area (Å²) >= 11 is 1.84. The normalized spacial score (nSPS) is 14.9. The minimum Gasteiger partial charge on any atom is -0.497 e. The van der Waals surface area contributed by atoms with E-state index in [1.165, 1.54) is 34.6 Å². The van der Waals surface area contributed by atoms with Crippen molar-refractivity contribution in [2.75, 3.05) is 14.2 Å². The molecule has 4 heteroatoms. The lowest BCUT2D eigenvalue weighted by Crippen LogP contribution is -2.12. The van der Waals surface area contributed by atoms with E-state index in [1.54, 1.807) is 14.2 Å². The predicted molar refractivity (Wildman–Crippen MR) is 81.9 cm³/mol. The molecule has 0 radical (unpaired) electrons. The lowest BCUT2D eigenvalue weighted by Gasteiger charge is -2.15. The zero-order chi connectivity index (χ0) is 14.1. The molecule has 3 rings (SSSR count). The number of benzene rings is 1. The molecule has 0 aliphatic heterocycles. The molecule has 2 aromatic rings. The number of nitrogens with two attached hydrogens (primary N) is 1. The number of fused-ring (bicyclic) bond motifs is 1. The minimum atomic E-state index is -0.157. The number of aryl methyl sites for hydroxylation is 2. The number of methoxy groups -OCH3 is 2. The summed E-state index contributed by atoms with van der Waals surface area (Å²) in [7, 11) is 3.34. The second kappa shape index (κ2) is 5.46. The van der Waals surface area contributed by atoms with Crippen molar-refractivity contribution in [3.05, 3.63) is 45.1 Å². The van der Waals surface area contributed by atoms with Gasteiger partial charge in [-0.25, -0.2) is 0 Å². The van der Waals surface area contributed by atoms with E-state index < -0.39 is 0 Å². The number of hydrogen-bond acceptors (Lipinski definition) is 4. The van der Waals surface area contributed by atoms with Crippen molar-refractivity contribution >= 4 is 11.3 Å². The third kappa shape index (κ3) is 2.30. The number of ether oxygens (including phenoxy) is 2. The standard InChI is InChI=1S/C16H19NO2S/c1-18-11-6-7-13(19-2)12(9-11)16(17)15-8-10-4-3-5-14(10)20-15/h6-9,16H,3-5,17H2,1-2H3. The van der Waals surface area contributed by atoms with Gasteiger partial charge in [-0.15, -0.1) is 11.3 Å². The largest absolute Gasteiger partial charge is 0.497 e. The highest BCUT2D eigenvalue weighted by atomic mass is 32.1. The predicted octanol–water partition coefficient (Wildman–Crippen LogP) is 3.30. The summed E-state index contributed by atoms with van der Waals surface area (Å²) < 4.78 is 10.7. The maximum Gasteiger partial charge on any atom is 0.124 e. The van der Waals surface area contributed by atoms with E-state index in [1.807, 2.05) is 29.5 Å². The van der Waals surface area contributed by atoms with Crippen LogP contribution in [0.2, 0.25) is 0 Å². The van der Waals surface area contributed by atoms with Gasteiger partial charge in [-0.05, 0) is 49.1 Å². The molecule has 0 amide bonds. The van der Waals surface area contributed by atoms with Crippen LogP contribution < -0.4 is 15.2 Å². The van der Waals surface area contributed by atoms with Crippen molar-refractivity contribution in [2.24, 2.45) is 5.73 Å². The van der Waals surface area contributed by atoms with Crippen LogP contribution in [0.5, 0.6) is 11.5 Å².